The highest BCUT2D eigenvalue weighted by Crippen LogP contribution is 2.13. The zero-order valence-corrected chi connectivity index (χ0v) is 13.0. The van der Waals surface area contributed by atoms with E-state index in [0.717, 1.165) is 11.3 Å². The zero-order chi connectivity index (χ0) is 16.8. The predicted octanol–water partition coefficient (Wildman–Crippen LogP) is 3.10. The third kappa shape index (κ3) is 4.81. The zero-order valence-electron chi connectivity index (χ0n) is 13.0. The molecular weight excluding hydrogens is 296 g/mol. The molecule has 0 aliphatic carbocycles. The number of hydrogen-bond donors (Lipinski definition) is 1. The molecule has 0 heterocycles. The van der Waals surface area contributed by atoms with Crippen LogP contribution in [0, 0.1) is 17.0 Å². The lowest BCUT2D eigenvalue weighted by atomic mass is 10.2. The largest absolute Gasteiger partial charge is 0.491 e. The molecule has 0 unspecified atom stereocenters. The number of nitrogens with one attached hydrogen (secondary N) is 1. The highest BCUT2D eigenvalue weighted by atomic mass is 16.6. The topological polar surface area (TPSA) is 81.5 Å². The molecule has 0 aliphatic heterocycles. The van der Waals surface area contributed by atoms with Gasteiger partial charge in [-0.2, -0.15) is 0 Å². The summed E-state index contributed by atoms with van der Waals surface area (Å²) in [5.41, 5.74) is 1.48. The van der Waals surface area contributed by atoms with E-state index in [1.54, 1.807) is 0 Å². The quantitative estimate of drug-likeness (QED) is 0.656. The van der Waals surface area contributed by atoms with E-state index >= 15 is 0 Å². The van der Waals surface area contributed by atoms with Gasteiger partial charge in [0.25, 0.3) is 11.6 Å². The average molecular weight is 314 g/mol. The van der Waals surface area contributed by atoms with Crippen molar-refractivity contribution in [3.63, 3.8) is 0 Å². The van der Waals surface area contributed by atoms with Gasteiger partial charge < -0.3 is 10.1 Å². The number of carbonyl (C=O) groups is 1. The van der Waals surface area contributed by atoms with Gasteiger partial charge in [-0.05, 0) is 38.1 Å². The van der Waals surface area contributed by atoms with Gasteiger partial charge in [0.1, 0.15) is 12.4 Å². The van der Waals surface area contributed by atoms with Crippen LogP contribution in [0.5, 0.6) is 5.75 Å². The van der Waals surface area contributed by atoms with Gasteiger partial charge in [-0.25, -0.2) is 0 Å². The van der Waals surface area contributed by atoms with Crippen molar-refractivity contribution < 1.29 is 14.5 Å². The summed E-state index contributed by atoms with van der Waals surface area (Å²) < 4.78 is 5.61. The summed E-state index contributed by atoms with van der Waals surface area (Å²) in [5, 5.41) is 13.4. The fraction of sp³-hybridized carbons (Fsp3) is 0.235. The predicted molar refractivity (Wildman–Crippen MR) is 86.7 cm³/mol. The van der Waals surface area contributed by atoms with Crippen LogP contribution in [0.15, 0.2) is 48.5 Å². The lowest BCUT2D eigenvalue weighted by Crippen LogP contribution is -2.36. The number of aryl methyl sites for hydroxylation is 1. The Kier molecular flexibility index (Phi) is 5.30. The number of nitro benzene ring substituents is 1. The summed E-state index contributed by atoms with van der Waals surface area (Å²) in [6, 6.07) is 12.9. The molecule has 0 radical (unpaired) electrons. The summed E-state index contributed by atoms with van der Waals surface area (Å²) in [4.78, 5) is 22.1. The smallest absolute Gasteiger partial charge is 0.269 e. The first-order valence-electron chi connectivity index (χ1n) is 7.20. The minimum absolute atomic E-state index is 0.0442. The van der Waals surface area contributed by atoms with Crippen LogP contribution in [-0.4, -0.2) is 23.5 Å². The van der Waals surface area contributed by atoms with Crippen molar-refractivity contribution in [1.82, 2.24) is 5.32 Å². The molecule has 0 spiro atoms. The molecule has 23 heavy (non-hydrogen) atoms. The van der Waals surface area contributed by atoms with Crippen LogP contribution < -0.4 is 10.1 Å². The summed E-state index contributed by atoms with van der Waals surface area (Å²) >= 11 is 0. The van der Waals surface area contributed by atoms with Crippen LogP contribution in [0.3, 0.4) is 0 Å². The summed E-state index contributed by atoms with van der Waals surface area (Å²) in [6.45, 7) is 4.16. The minimum atomic E-state index is -0.500. The Morgan fingerprint density at radius 1 is 1.17 bits per heavy atom. The van der Waals surface area contributed by atoms with Crippen molar-refractivity contribution in [2.75, 3.05) is 6.61 Å². The Balaban J connectivity index is 1.86. The third-order valence-corrected chi connectivity index (χ3v) is 3.24. The van der Waals surface area contributed by atoms with Gasteiger partial charge in [-0.3, -0.25) is 14.9 Å². The van der Waals surface area contributed by atoms with E-state index in [2.05, 4.69) is 5.32 Å². The van der Waals surface area contributed by atoms with E-state index in [0.29, 0.717) is 12.2 Å². The van der Waals surface area contributed by atoms with Crippen molar-refractivity contribution in [3.05, 3.63) is 69.8 Å². The van der Waals surface area contributed by atoms with E-state index in [1.165, 1.54) is 24.3 Å². The molecule has 1 atom stereocenters. The fourth-order valence-electron chi connectivity index (χ4n) is 1.94. The molecule has 0 bridgehead atoms. The Labute approximate surface area is 134 Å². The van der Waals surface area contributed by atoms with E-state index in [1.807, 2.05) is 38.1 Å². The van der Waals surface area contributed by atoms with E-state index in [-0.39, 0.29) is 17.6 Å². The molecule has 6 heteroatoms. The first-order chi connectivity index (χ1) is 11.0. The average Bonchev–Trinajstić information content (AvgIpc) is 2.54. The SMILES string of the molecule is Cc1ccc(OC[C@H](C)NC(=O)c2ccc([N+](=O)[O-])cc2)cc1. The molecule has 0 aliphatic rings. The second-order valence-corrected chi connectivity index (χ2v) is 5.30. The standard InChI is InChI=1S/C17H18N2O4/c1-12-3-9-16(10-4-12)23-11-13(2)18-17(20)14-5-7-15(8-6-14)19(21)22/h3-10,13H,11H2,1-2H3,(H,18,20)/t13-/m0/s1. The number of non-ortho nitro benzene ring substituents is 1. The maximum absolute atomic E-state index is 12.1. The van der Waals surface area contributed by atoms with Gasteiger partial charge in [-0.15, -0.1) is 0 Å². The van der Waals surface area contributed by atoms with Crippen LogP contribution >= 0.6 is 0 Å². The van der Waals surface area contributed by atoms with Crippen LogP contribution in [0.1, 0.15) is 22.8 Å². The van der Waals surface area contributed by atoms with Crippen molar-refractivity contribution in [2.45, 2.75) is 19.9 Å². The van der Waals surface area contributed by atoms with Gasteiger partial charge in [-0.1, -0.05) is 17.7 Å². The van der Waals surface area contributed by atoms with Crippen molar-refractivity contribution >= 4 is 11.6 Å². The highest BCUT2D eigenvalue weighted by molar-refractivity contribution is 5.94. The van der Waals surface area contributed by atoms with Crippen LogP contribution in [0.25, 0.3) is 0 Å². The maximum Gasteiger partial charge on any atom is 0.269 e. The lowest BCUT2D eigenvalue weighted by Gasteiger charge is -2.15. The number of nitro groups is 1. The number of amides is 1. The number of ether oxygens (including phenoxy) is 1. The molecule has 0 aromatic heterocycles. The molecule has 1 amide bonds. The van der Waals surface area contributed by atoms with Crippen LogP contribution in [-0.2, 0) is 0 Å². The molecule has 0 saturated carbocycles. The monoisotopic (exact) mass is 314 g/mol. The molecular formula is C17H18N2O4. The normalized spacial score (nSPS) is 11.6. The second kappa shape index (κ2) is 7.40. The summed E-state index contributed by atoms with van der Waals surface area (Å²) in [5.74, 6) is 0.451. The van der Waals surface area contributed by atoms with Gasteiger partial charge >= 0.3 is 0 Å². The van der Waals surface area contributed by atoms with Gasteiger partial charge in [0.2, 0.25) is 0 Å². The third-order valence-electron chi connectivity index (χ3n) is 3.24. The number of hydrogen-bond acceptors (Lipinski definition) is 4. The van der Waals surface area contributed by atoms with Crippen LogP contribution in [0.4, 0.5) is 5.69 Å². The number of carbonyl (C=O) groups excluding carboxylic acids is 1. The summed E-state index contributed by atoms with van der Waals surface area (Å²) in [6.07, 6.45) is 0. The highest BCUT2D eigenvalue weighted by Gasteiger charge is 2.12. The van der Waals surface area contributed by atoms with Crippen molar-refractivity contribution in [2.24, 2.45) is 0 Å². The number of benzene rings is 2. The van der Waals surface area contributed by atoms with E-state index in [9.17, 15) is 14.9 Å². The van der Waals surface area contributed by atoms with Crippen LogP contribution in [0.2, 0.25) is 0 Å². The molecule has 120 valence electrons. The number of nitrogens with zero attached hydrogens (tertiary/aromatic N) is 1. The summed E-state index contributed by atoms with van der Waals surface area (Å²) in [7, 11) is 0. The van der Waals surface area contributed by atoms with Gasteiger partial charge in [0.15, 0.2) is 0 Å². The van der Waals surface area contributed by atoms with E-state index < -0.39 is 4.92 Å². The first kappa shape index (κ1) is 16.5. The molecule has 0 fully saturated rings. The molecule has 1 N–H and O–H groups in total. The fourth-order valence-corrected chi connectivity index (χ4v) is 1.94. The molecule has 2 aromatic carbocycles. The van der Waals surface area contributed by atoms with Gasteiger partial charge in [0.05, 0.1) is 11.0 Å². The maximum atomic E-state index is 12.1. The Bertz CT molecular complexity index is 681. The van der Waals surface area contributed by atoms with Crippen molar-refractivity contribution in [1.29, 1.82) is 0 Å². The number of rotatable bonds is 6. The second-order valence-electron chi connectivity index (χ2n) is 5.30. The molecule has 2 aromatic rings. The molecule has 2 rings (SSSR count). The first-order valence-corrected chi connectivity index (χ1v) is 7.20. The Morgan fingerprint density at radius 2 is 1.78 bits per heavy atom. The van der Waals surface area contributed by atoms with Gasteiger partial charge in [0, 0.05) is 17.7 Å². The molecule has 0 saturated heterocycles. The van der Waals surface area contributed by atoms with Crippen molar-refractivity contribution in [3.8, 4) is 5.75 Å². The Morgan fingerprint density at radius 3 is 2.35 bits per heavy atom. The Hall–Kier alpha value is -2.89. The molecule has 6 nitrogen and oxygen atoms in total. The van der Waals surface area contributed by atoms with E-state index in [4.69, 9.17) is 4.74 Å². The minimum Gasteiger partial charge on any atom is -0.491 e. The lowest BCUT2D eigenvalue weighted by molar-refractivity contribution is -0.384.